The third kappa shape index (κ3) is 3.71. The predicted molar refractivity (Wildman–Crippen MR) is 107 cm³/mol. The Morgan fingerprint density at radius 3 is 2.61 bits per heavy atom. The monoisotopic (exact) mass is 403 g/mol. The molecule has 0 spiro atoms. The van der Waals surface area contributed by atoms with E-state index in [1.54, 1.807) is 19.1 Å². The lowest BCUT2D eigenvalue weighted by Crippen LogP contribution is -2.30. The van der Waals surface area contributed by atoms with Crippen LogP contribution in [-0.4, -0.2) is 34.6 Å². The van der Waals surface area contributed by atoms with Gasteiger partial charge in [0.15, 0.2) is 6.61 Å². The summed E-state index contributed by atoms with van der Waals surface area (Å²) in [4.78, 5) is 11.7. The number of anilines is 1. The highest BCUT2D eigenvalue weighted by atomic mass is 32.2. The Bertz CT molecular complexity index is 998. The quantitative estimate of drug-likeness (QED) is 0.691. The maximum Gasteiger partial charge on any atom is 0.343 e. The lowest BCUT2D eigenvalue weighted by molar-refractivity contribution is -0.142. The molecule has 0 aliphatic carbocycles. The van der Waals surface area contributed by atoms with Gasteiger partial charge in [-0.2, -0.15) is 0 Å². The molecule has 150 valence electrons. The fraction of sp³-hybridized carbons (Fsp3) is 0.381. The van der Waals surface area contributed by atoms with Gasteiger partial charge in [0.05, 0.1) is 17.7 Å². The van der Waals surface area contributed by atoms with Gasteiger partial charge in [-0.05, 0) is 54.2 Å². The van der Waals surface area contributed by atoms with Crippen molar-refractivity contribution < 1.29 is 22.7 Å². The van der Waals surface area contributed by atoms with Crippen molar-refractivity contribution in [1.29, 1.82) is 0 Å². The molecule has 0 aromatic heterocycles. The van der Waals surface area contributed by atoms with E-state index >= 15 is 0 Å². The first kappa shape index (κ1) is 20.2. The van der Waals surface area contributed by atoms with Crippen molar-refractivity contribution in [2.45, 2.75) is 38.0 Å². The molecule has 1 aliphatic heterocycles. The van der Waals surface area contributed by atoms with Gasteiger partial charge in [-0.3, -0.25) is 4.31 Å². The summed E-state index contributed by atoms with van der Waals surface area (Å²) in [5.74, 6) is 0.0319. The molecule has 0 bridgehead atoms. The number of esters is 1. The molecule has 2 aromatic rings. The largest absolute Gasteiger partial charge is 0.482 e. The average molecular weight is 404 g/mol. The Hall–Kier alpha value is -2.54. The molecule has 0 fully saturated rings. The van der Waals surface area contributed by atoms with E-state index < -0.39 is 16.0 Å². The first-order valence-corrected chi connectivity index (χ1v) is 10.6. The number of benzene rings is 2. The van der Waals surface area contributed by atoms with Crippen molar-refractivity contribution in [3.8, 4) is 5.75 Å². The van der Waals surface area contributed by atoms with Crippen molar-refractivity contribution in [2.24, 2.45) is 0 Å². The maximum absolute atomic E-state index is 13.4. The van der Waals surface area contributed by atoms with Crippen LogP contribution in [0.2, 0.25) is 0 Å². The molecule has 2 aromatic carbocycles. The molecule has 6 nitrogen and oxygen atoms in total. The number of sulfonamides is 1. The van der Waals surface area contributed by atoms with Gasteiger partial charge in [0, 0.05) is 6.54 Å². The number of rotatable bonds is 6. The number of carbonyl (C=O) groups excluding carboxylic acids is 1. The highest BCUT2D eigenvalue weighted by Crippen LogP contribution is 2.37. The summed E-state index contributed by atoms with van der Waals surface area (Å²) in [6.45, 7) is 5.86. The fourth-order valence-corrected chi connectivity index (χ4v) is 5.15. The smallest absolute Gasteiger partial charge is 0.343 e. The minimum atomic E-state index is -3.71. The lowest BCUT2D eigenvalue weighted by atomic mass is 10.0. The molecular formula is C21H25NO5S. The number of fused-ring (bicyclic) bond motifs is 1. The second-order valence-electron chi connectivity index (χ2n) is 7.13. The molecule has 1 aliphatic rings. The van der Waals surface area contributed by atoms with Crippen LogP contribution in [0.15, 0.2) is 41.3 Å². The Morgan fingerprint density at radius 1 is 1.21 bits per heavy atom. The van der Waals surface area contributed by atoms with Crippen LogP contribution >= 0.6 is 0 Å². The van der Waals surface area contributed by atoms with Crippen LogP contribution < -0.4 is 9.04 Å². The van der Waals surface area contributed by atoms with Gasteiger partial charge >= 0.3 is 5.97 Å². The van der Waals surface area contributed by atoms with Crippen LogP contribution in [0.25, 0.3) is 0 Å². The molecule has 0 radical (unpaired) electrons. The zero-order valence-electron chi connectivity index (χ0n) is 16.6. The van der Waals surface area contributed by atoms with Crippen molar-refractivity contribution in [1.82, 2.24) is 0 Å². The van der Waals surface area contributed by atoms with Crippen LogP contribution in [-0.2, 0) is 26.0 Å². The van der Waals surface area contributed by atoms with Crippen LogP contribution in [0.5, 0.6) is 5.75 Å². The summed E-state index contributed by atoms with van der Waals surface area (Å²) in [5, 5.41) is 0. The number of aryl methyl sites for hydroxylation is 1. The summed E-state index contributed by atoms with van der Waals surface area (Å²) in [6, 6.07) is 10.9. The zero-order valence-corrected chi connectivity index (χ0v) is 17.4. The minimum absolute atomic E-state index is 0.0214. The molecule has 0 saturated carbocycles. The Balaban J connectivity index is 2.02. The van der Waals surface area contributed by atoms with Gasteiger partial charge < -0.3 is 9.47 Å². The van der Waals surface area contributed by atoms with Gasteiger partial charge in [-0.15, -0.1) is 0 Å². The van der Waals surface area contributed by atoms with E-state index in [-0.39, 0.29) is 17.4 Å². The van der Waals surface area contributed by atoms with Crippen LogP contribution in [0.4, 0.5) is 5.69 Å². The Kier molecular flexibility index (Phi) is 5.65. The van der Waals surface area contributed by atoms with Crippen molar-refractivity contribution in [3.05, 3.63) is 53.1 Å². The number of hydrogen-bond donors (Lipinski definition) is 0. The molecule has 0 amide bonds. The van der Waals surface area contributed by atoms with Crippen LogP contribution in [0.1, 0.15) is 36.5 Å². The topological polar surface area (TPSA) is 72.9 Å². The SMILES string of the molecule is COC(=O)COc1cc(C)c(S(=O)(=O)N2CCc3ccccc32)cc1C(C)C. The summed E-state index contributed by atoms with van der Waals surface area (Å²) in [6.07, 6.45) is 0.700. The van der Waals surface area contributed by atoms with E-state index in [1.807, 2.05) is 38.1 Å². The average Bonchev–Trinajstić information content (AvgIpc) is 3.10. The normalized spacial score (nSPS) is 13.5. The molecule has 0 N–H and O–H groups in total. The molecule has 0 atom stereocenters. The highest BCUT2D eigenvalue weighted by Gasteiger charge is 2.32. The van der Waals surface area contributed by atoms with Gasteiger partial charge in [0.25, 0.3) is 10.0 Å². The molecule has 0 unspecified atom stereocenters. The van der Waals surface area contributed by atoms with Crippen molar-refractivity contribution >= 4 is 21.7 Å². The predicted octanol–water partition coefficient (Wildman–Crippen LogP) is 3.42. The third-order valence-electron chi connectivity index (χ3n) is 4.92. The standard InChI is InChI=1S/C21H25NO5S/c1-14(2)17-12-20(15(3)11-19(17)27-13-21(23)26-4)28(24,25)22-10-9-16-7-5-6-8-18(16)22/h5-8,11-12,14H,9-10,13H2,1-4H3. The van der Waals surface area contributed by atoms with Gasteiger partial charge in [0.1, 0.15) is 5.75 Å². The molecule has 7 heteroatoms. The molecule has 1 heterocycles. The molecule has 0 saturated heterocycles. The molecule has 3 rings (SSSR count). The van der Waals surface area contributed by atoms with Crippen LogP contribution in [0, 0.1) is 6.92 Å². The van der Waals surface area contributed by atoms with E-state index in [0.29, 0.717) is 24.3 Å². The van der Waals surface area contributed by atoms with Crippen molar-refractivity contribution in [2.75, 3.05) is 24.6 Å². The number of methoxy groups -OCH3 is 1. The van der Waals surface area contributed by atoms with Crippen LogP contribution in [0.3, 0.4) is 0 Å². The van der Waals surface area contributed by atoms with E-state index in [2.05, 4.69) is 4.74 Å². The lowest BCUT2D eigenvalue weighted by Gasteiger charge is -2.23. The first-order chi connectivity index (χ1) is 13.3. The van der Waals surface area contributed by atoms with Gasteiger partial charge in [0.2, 0.25) is 0 Å². The number of hydrogen-bond acceptors (Lipinski definition) is 5. The van der Waals surface area contributed by atoms with E-state index in [4.69, 9.17) is 4.74 Å². The van der Waals surface area contributed by atoms with E-state index in [0.717, 1.165) is 16.8 Å². The zero-order chi connectivity index (χ0) is 20.5. The number of carbonyl (C=O) groups is 1. The summed E-state index contributed by atoms with van der Waals surface area (Å²) in [7, 11) is -2.41. The minimum Gasteiger partial charge on any atom is -0.482 e. The number of nitrogens with zero attached hydrogens (tertiary/aromatic N) is 1. The Labute approximate surface area is 166 Å². The summed E-state index contributed by atoms with van der Waals surface area (Å²) in [5.41, 5.74) is 3.08. The second-order valence-corrected chi connectivity index (χ2v) is 8.96. The third-order valence-corrected chi connectivity index (χ3v) is 6.87. The van der Waals surface area contributed by atoms with Crippen molar-refractivity contribution in [3.63, 3.8) is 0 Å². The molecular weight excluding hydrogens is 378 g/mol. The number of para-hydroxylation sites is 1. The Morgan fingerprint density at radius 2 is 1.93 bits per heavy atom. The fourth-order valence-electron chi connectivity index (χ4n) is 3.40. The van der Waals surface area contributed by atoms with Gasteiger partial charge in [-0.1, -0.05) is 32.0 Å². The van der Waals surface area contributed by atoms with E-state index in [9.17, 15) is 13.2 Å². The summed E-state index contributed by atoms with van der Waals surface area (Å²) >= 11 is 0. The second kappa shape index (κ2) is 7.83. The highest BCUT2D eigenvalue weighted by molar-refractivity contribution is 7.93. The maximum atomic E-state index is 13.4. The summed E-state index contributed by atoms with van der Waals surface area (Å²) < 4.78 is 38.5. The first-order valence-electron chi connectivity index (χ1n) is 9.20. The molecule has 28 heavy (non-hydrogen) atoms. The number of ether oxygens (including phenoxy) is 2. The van der Waals surface area contributed by atoms with E-state index in [1.165, 1.54) is 11.4 Å². The van der Waals surface area contributed by atoms with Gasteiger partial charge in [-0.25, -0.2) is 13.2 Å².